The number of ether oxygens (including phenoxy) is 2. The lowest BCUT2D eigenvalue weighted by Gasteiger charge is -2.11. The largest absolute Gasteiger partial charge is 0.490 e. The van der Waals surface area contributed by atoms with E-state index in [1.807, 2.05) is 13.8 Å². The van der Waals surface area contributed by atoms with Gasteiger partial charge in [-0.05, 0) is 55.8 Å². The van der Waals surface area contributed by atoms with Crippen molar-refractivity contribution in [2.75, 3.05) is 18.5 Å². The van der Waals surface area contributed by atoms with E-state index < -0.39 is 22.7 Å². The lowest BCUT2D eigenvalue weighted by atomic mass is 10.1. The van der Waals surface area contributed by atoms with Crippen molar-refractivity contribution in [1.29, 1.82) is 0 Å². The van der Waals surface area contributed by atoms with E-state index in [1.54, 1.807) is 18.2 Å². The number of nitrogens with one attached hydrogen (secondary N) is 1. The van der Waals surface area contributed by atoms with Crippen LogP contribution in [0.4, 0.5) is 18.9 Å². The van der Waals surface area contributed by atoms with Crippen LogP contribution in [0.25, 0.3) is 6.08 Å². The average molecular weight is 414 g/mol. The van der Waals surface area contributed by atoms with E-state index in [4.69, 9.17) is 21.1 Å². The molecule has 0 aliphatic rings. The van der Waals surface area contributed by atoms with Crippen LogP contribution in [0.3, 0.4) is 0 Å². The number of halogens is 4. The first-order chi connectivity index (χ1) is 13.2. The van der Waals surface area contributed by atoms with E-state index >= 15 is 0 Å². The predicted octanol–water partition coefficient (Wildman–Crippen LogP) is 5.81. The molecule has 8 heteroatoms. The van der Waals surface area contributed by atoms with Gasteiger partial charge in [-0.1, -0.05) is 17.7 Å². The molecule has 0 fully saturated rings. The Morgan fingerprint density at radius 3 is 2.39 bits per heavy atom. The summed E-state index contributed by atoms with van der Waals surface area (Å²) in [5.41, 5.74) is -0.342. The maximum absolute atomic E-state index is 12.9. The minimum atomic E-state index is -4.61. The van der Waals surface area contributed by atoms with Gasteiger partial charge in [0.2, 0.25) is 5.91 Å². The first kappa shape index (κ1) is 21.6. The van der Waals surface area contributed by atoms with Crippen molar-refractivity contribution in [3.63, 3.8) is 0 Å². The summed E-state index contributed by atoms with van der Waals surface area (Å²) in [6.45, 7) is 4.63. The first-order valence-corrected chi connectivity index (χ1v) is 8.87. The lowest BCUT2D eigenvalue weighted by molar-refractivity contribution is -0.137. The van der Waals surface area contributed by atoms with E-state index in [1.165, 1.54) is 18.2 Å². The highest BCUT2D eigenvalue weighted by Crippen LogP contribution is 2.36. The molecule has 1 N–H and O–H groups in total. The zero-order valence-corrected chi connectivity index (χ0v) is 16.0. The summed E-state index contributed by atoms with van der Waals surface area (Å²) in [5, 5.41) is 1.95. The summed E-state index contributed by atoms with van der Waals surface area (Å²) in [5.74, 6) is 0.550. The lowest BCUT2D eigenvalue weighted by Crippen LogP contribution is -2.11. The molecule has 0 unspecified atom stereocenters. The number of carbonyl (C=O) groups is 1. The Balaban J connectivity index is 2.13. The number of anilines is 1. The highest BCUT2D eigenvalue weighted by Gasteiger charge is 2.33. The fraction of sp³-hybridized carbons (Fsp3) is 0.250. The van der Waals surface area contributed by atoms with Gasteiger partial charge in [-0.25, -0.2) is 0 Å². The Morgan fingerprint density at radius 1 is 1.07 bits per heavy atom. The molecule has 4 nitrogen and oxygen atoms in total. The van der Waals surface area contributed by atoms with Gasteiger partial charge in [0.25, 0.3) is 0 Å². The van der Waals surface area contributed by atoms with Gasteiger partial charge in [-0.15, -0.1) is 0 Å². The molecule has 0 atom stereocenters. The predicted molar refractivity (Wildman–Crippen MR) is 103 cm³/mol. The van der Waals surface area contributed by atoms with Crippen LogP contribution in [0.2, 0.25) is 5.02 Å². The Hall–Kier alpha value is -2.67. The van der Waals surface area contributed by atoms with E-state index in [0.29, 0.717) is 30.3 Å². The second-order valence-electron chi connectivity index (χ2n) is 5.59. The van der Waals surface area contributed by atoms with Crippen molar-refractivity contribution in [3.05, 3.63) is 58.6 Å². The molecule has 2 rings (SSSR count). The van der Waals surface area contributed by atoms with Gasteiger partial charge in [0.15, 0.2) is 11.5 Å². The molecular weight excluding hydrogens is 395 g/mol. The van der Waals surface area contributed by atoms with Crippen LogP contribution in [0.5, 0.6) is 11.5 Å². The Bertz CT molecular complexity index is 866. The third-order valence-electron chi connectivity index (χ3n) is 3.53. The molecular formula is C20H19ClF3NO3. The summed E-state index contributed by atoms with van der Waals surface area (Å²) in [7, 11) is 0. The standard InChI is InChI=1S/C20H19ClF3NO3/c1-3-27-17-9-5-13(11-18(17)28-4-2)6-10-19(26)25-14-7-8-16(21)15(12-14)20(22,23)24/h5-12H,3-4H2,1-2H3,(H,25,26)/b10-6+. The van der Waals surface area contributed by atoms with Crippen LogP contribution in [-0.2, 0) is 11.0 Å². The molecule has 0 radical (unpaired) electrons. The minimum Gasteiger partial charge on any atom is -0.490 e. The van der Waals surface area contributed by atoms with Gasteiger partial charge >= 0.3 is 6.18 Å². The summed E-state index contributed by atoms with van der Waals surface area (Å²) in [4.78, 5) is 12.0. The van der Waals surface area contributed by atoms with Crippen molar-refractivity contribution in [1.82, 2.24) is 0 Å². The van der Waals surface area contributed by atoms with Crippen molar-refractivity contribution < 1.29 is 27.4 Å². The van der Waals surface area contributed by atoms with E-state index in [0.717, 1.165) is 12.1 Å². The molecule has 0 heterocycles. The molecule has 0 aliphatic carbocycles. The third-order valence-corrected chi connectivity index (χ3v) is 3.86. The number of carbonyl (C=O) groups excluding carboxylic acids is 1. The number of hydrogen-bond donors (Lipinski definition) is 1. The number of rotatable bonds is 7. The third kappa shape index (κ3) is 5.92. The van der Waals surface area contributed by atoms with Gasteiger partial charge in [0, 0.05) is 11.8 Å². The molecule has 2 aromatic rings. The number of alkyl halides is 3. The molecule has 0 aromatic heterocycles. The van der Waals surface area contributed by atoms with Gasteiger partial charge in [0.05, 0.1) is 23.8 Å². The molecule has 0 saturated carbocycles. The molecule has 0 spiro atoms. The molecule has 150 valence electrons. The zero-order chi connectivity index (χ0) is 20.7. The first-order valence-electron chi connectivity index (χ1n) is 8.50. The maximum atomic E-state index is 12.9. The van der Waals surface area contributed by atoms with Crippen molar-refractivity contribution in [2.45, 2.75) is 20.0 Å². The van der Waals surface area contributed by atoms with E-state index in [2.05, 4.69) is 5.32 Å². The molecule has 2 aromatic carbocycles. The quantitative estimate of drug-likeness (QED) is 0.583. The minimum absolute atomic E-state index is 0.00641. The van der Waals surface area contributed by atoms with Crippen LogP contribution in [-0.4, -0.2) is 19.1 Å². The van der Waals surface area contributed by atoms with Crippen LogP contribution in [0, 0.1) is 0 Å². The molecule has 28 heavy (non-hydrogen) atoms. The molecule has 1 amide bonds. The Kier molecular flexibility index (Phi) is 7.34. The van der Waals surface area contributed by atoms with Gasteiger partial charge in [0.1, 0.15) is 0 Å². The smallest absolute Gasteiger partial charge is 0.417 e. The van der Waals surface area contributed by atoms with Crippen molar-refractivity contribution in [3.8, 4) is 11.5 Å². The highest BCUT2D eigenvalue weighted by molar-refractivity contribution is 6.31. The van der Waals surface area contributed by atoms with Crippen LogP contribution < -0.4 is 14.8 Å². The second-order valence-corrected chi connectivity index (χ2v) is 5.99. The Labute approximate surface area is 165 Å². The van der Waals surface area contributed by atoms with Crippen molar-refractivity contribution >= 4 is 29.3 Å². The molecule has 0 saturated heterocycles. The summed E-state index contributed by atoms with van der Waals surface area (Å²) >= 11 is 5.57. The highest BCUT2D eigenvalue weighted by atomic mass is 35.5. The fourth-order valence-corrected chi connectivity index (χ4v) is 2.57. The fourth-order valence-electron chi connectivity index (χ4n) is 2.35. The number of benzene rings is 2. The molecule has 0 aliphatic heterocycles. The van der Waals surface area contributed by atoms with E-state index in [-0.39, 0.29) is 5.69 Å². The average Bonchev–Trinajstić information content (AvgIpc) is 2.63. The zero-order valence-electron chi connectivity index (χ0n) is 15.3. The SMILES string of the molecule is CCOc1ccc(/C=C/C(=O)Nc2ccc(Cl)c(C(F)(F)F)c2)cc1OCC. The Morgan fingerprint density at radius 2 is 1.75 bits per heavy atom. The van der Waals surface area contributed by atoms with Gasteiger partial charge in [-0.3, -0.25) is 4.79 Å². The topological polar surface area (TPSA) is 47.6 Å². The van der Waals surface area contributed by atoms with E-state index in [9.17, 15) is 18.0 Å². The number of amides is 1. The monoisotopic (exact) mass is 413 g/mol. The van der Waals surface area contributed by atoms with Gasteiger partial charge in [-0.2, -0.15) is 13.2 Å². The van der Waals surface area contributed by atoms with Crippen LogP contribution in [0.1, 0.15) is 25.0 Å². The van der Waals surface area contributed by atoms with Crippen molar-refractivity contribution in [2.24, 2.45) is 0 Å². The second kappa shape index (κ2) is 9.50. The van der Waals surface area contributed by atoms with Crippen LogP contribution in [0.15, 0.2) is 42.5 Å². The number of hydrogen-bond acceptors (Lipinski definition) is 3. The normalized spacial score (nSPS) is 11.5. The summed E-state index contributed by atoms with van der Waals surface area (Å²) in [6.07, 6.45) is -1.87. The summed E-state index contributed by atoms with van der Waals surface area (Å²) in [6, 6.07) is 8.35. The maximum Gasteiger partial charge on any atom is 0.417 e. The summed E-state index contributed by atoms with van der Waals surface area (Å²) < 4.78 is 49.6. The van der Waals surface area contributed by atoms with Gasteiger partial charge < -0.3 is 14.8 Å². The molecule has 0 bridgehead atoms. The van der Waals surface area contributed by atoms with Crippen LogP contribution >= 0.6 is 11.6 Å².